The van der Waals surface area contributed by atoms with Crippen molar-refractivity contribution in [3.05, 3.63) is 95.6 Å². The lowest BCUT2D eigenvalue weighted by Gasteiger charge is -2.28. The molecule has 0 bridgehead atoms. The van der Waals surface area contributed by atoms with Gasteiger partial charge in [0.2, 0.25) is 13.6 Å². The number of aliphatic hydroxyl groups is 1. The lowest BCUT2D eigenvalue weighted by molar-refractivity contribution is -0.124. The van der Waals surface area contributed by atoms with E-state index in [0.29, 0.717) is 34.3 Å². The quantitative estimate of drug-likeness (QED) is 0.139. The molecular formula is C38H42N2O12S2. The predicted molar refractivity (Wildman–Crippen MR) is 196 cm³/mol. The second kappa shape index (κ2) is 16.1. The van der Waals surface area contributed by atoms with Crippen molar-refractivity contribution in [2.45, 2.75) is 61.4 Å². The first kappa shape index (κ1) is 38.7. The zero-order valence-electron chi connectivity index (χ0n) is 30.1. The van der Waals surface area contributed by atoms with Gasteiger partial charge >= 0.3 is 10.1 Å². The normalized spacial score (nSPS) is 15.1. The number of fused-ring (bicyclic) bond motifs is 2. The van der Waals surface area contributed by atoms with E-state index < -0.39 is 49.3 Å². The minimum atomic E-state index is -4.21. The van der Waals surface area contributed by atoms with E-state index in [4.69, 9.17) is 27.9 Å². The van der Waals surface area contributed by atoms with Gasteiger partial charge in [0.1, 0.15) is 21.8 Å². The molecule has 0 saturated carbocycles. The largest absolute Gasteiger partial charge is 0.483 e. The smallest absolute Gasteiger partial charge is 0.339 e. The Kier molecular flexibility index (Phi) is 11.6. The van der Waals surface area contributed by atoms with Gasteiger partial charge in [0.15, 0.2) is 39.4 Å². The SMILES string of the molecule is Cc1cccc(C)c1OCC(=O)N[C@@H](Cc1ccc(OS(=O)(=O)c2ccc3c(c2)OCO3)cc1)[C@H](O)CNC(C(C)C)S(=O)(=O)c1ccc2c(c1)OCO2. The number of carbonyl (C=O) groups excluding carboxylic acids is 1. The summed E-state index contributed by atoms with van der Waals surface area (Å²) in [5.74, 6) is 1.19. The van der Waals surface area contributed by atoms with Crippen LogP contribution in [0.2, 0.25) is 0 Å². The number of ether oxygens (including phenoxy) is 5. The number of sulfone groups is 1. The molecule has 2 heterocycles. The van der Waals surface area contributed by atoms with Gasteiger partial charge in [-0.2, -0.15) is 8.42 Å². The molecule has 3 N–H and O–H groups in total. The van der Waals surface area contributed by atoms with Crippen LogP contribution >= 0.6 is 0 Å². The summed E-state index contributed by atoms with van der Waals surface area (Å²) in [7, 11) is -8.17. The molecule has 14 nitrogen and oxygen atoms in total. The molecule has 6 rings (SSSR count). The van der Waals surface area contributed by atoms with Crippen molar-refractivity contribution in [1.29, 1.82) is 0 Å². The third kappa shape index (κ3) is 8.84. The predicted octanol–water partition coefficient (Wildman–Crippen LogP) is 4.04. The summed E-state index contributed by atoms with van der Waals surface area (Å²) in [6.45, 7) is 6.68. The van der Waals surface area contributed by atoms with E-state index >= 15 is 0 Å². The van der Waals surface area contributed by atoms with Crippen LogP contribution in [0.3, 0.4) is 0 Å². The van der Waals surface area contributed by atoms with Crippen molar-refractivity contribution in [3.63, 3.8) is 0 Å². The number of para-hydroxylation sites is 1. The Morgan fingerprint density at radius 3 is 1.98 bits per heavy atom. The third-order valence-corrected chi connectivity index (χ3v) is 12.5. The van der Waals surface area contributed by atoms with Gasteiger partial charge < -0.3 is 38.3 Å². The van der Waals surface area contributed by atoms with E-state index in [2.05, 4.69) is 10.6 Å². The Labute approximate surface area is 314 Å². The van der Waals surface area contributed by atoms with Crippen molar-refractivity contribution in [2.24, 2.45) is 5.92 Å². The van der Waals surface area contributed by atoms with Crippen LogP contribution in [0.25, 0.3) is 0 Å². The standard InChI is InChI=1S/C38H42N2O12S2/c1-23(2)38(53(43,44)28-12-14-32-34(17-28)50-21-48-32)39-19-31(41)30(40-36(42)20-47-37-24(3)6-5-7-25(37)4)16-26-8-10-27(11-9-26)52-54(45,46)29-13-15-33-35(18-29)51-22-49-33/h5-15,17-18,23,30-31,38-39,41H,16,19-22H2,1-4H3,(H,40,42)/t30-,31+,38?/m0/s1. The number of benzene rings is 4. The van der Waals surface area contributed by atoms with E-state index in [0.717, 1.165) is 11.1 Å². The Morgan fingerprint density at radius 1 is 0.796 bits per heavy atom. The molecule has 0 saturated heterocycles. The Morgan fingerprint density at radius 2 is 1.37 bits per heavy atom. The second-order valence-corrected chi connectivity index (χ2v) is 16.9. The highest BCUT2D eigenvalue weighted by molar-refractivity contribution is 7.92. The van der Waals surface area contributed by atoms with Crippen molar-refractivity contribution >= 4 is 25.9 Å². The zero-order valence-corrected chi connectivity index (χ0v) is 31.7. The van der Waals surface area contributed by atoms with Crippen LogP contribution in [0, 0.1) is 19.8 Å². The molecule has 54 heavy (non-hydrogen) atoms. The monoisotopic (exact) mass is 782 g/mol. The van der Waals surface area contributed by atoms with Gasteiger partial charge in [-0.1, -0.05) is 44.2 Å². The lowest BCUT2D eigenvalue weighted by atomic mass is 10.0. The summed E-state index contributed by atoms with van der Waals surface area (Å²) in [6, 6.07) is 19.4. The van der Waals surface area contributed by atoms with Gasteiger partial charge in [-0.25, -0.2) is 8.42 Å². The Bertz CT molecular complexity index is 2190. The maximum absolute atomic E-state index is 13.8. The second-order valence-electron chi connectivity index (χ2n) is 13.3. The molecule has 2 aliphatic heterocycles. The van der Waals surface area contributed by atoms with Crippen molar-refractivity contribution < 1.29 is 54.6 Å². The van der Waals surface area contributed by atoms with Crippen LogP contribution in [0.1, 0.15) is 30.5 Å². The number of nitrogens with one attached hydrogen (secondary N) is 2. The first-order valence-corrected chi connectivity index (χ1v) is 20.1. The van der Waals surface area contributed by atoms with Crippen LogP contribution in [0.15, 0.2) is 88.7 Å². The number of carbonyl (C=O) groups is 1. The molecule has 4 aromatic carbocycles. The molecule has 0 aliphatic carbocycles. The number of hydrogen-bond donors (Lipinski definition) is 3. The van der Waals surface area contributed by atoms with E-state index in [1.807, 2.05) is 32.0 Å². The van der Waals surface area contributed by atoms with Crippen LogP contribution < -0.4 is 38.5 Å². The molecule has 3 atom stereocenters. The summed E-state index contributed by atoms with van der Waals surface area (Å²) < 4.78 is 86.0. The molecule has 1 unspecified atom stereocenters. The average molecular weight is 783 g/mol. The van der Waals surface area contributed by atoms with Gasteiger partial charge in [0.05, 0.1) is 17.0 Å². The average Bonchev–Trinajstić information content (AvgIpc) is 3.81. The van der Waals surface area contributed by atoms with Crippen LogP contribution in [0.5, 0.6) is 34.5 Å². The summed E-state index contributed by atoms with van der Waals surface area (Å²) in [5.41, 5.74) is 2.33. The molecule has 0 radical (unpaired) electrons. The fourth-order valence-electron chi connectivity index (χ4n) is 6.12. The van der Waals surface area contributed by atoms with Gasteiger partial charge in [-0.15, -0.1) is 0 Å². The molecule has 0 fully saturated rings. The summed E-state index contributed by atoms with van der Waals surface area (Å²) in [6.07, 6.45) is -1.18. The summed E-state index contributed by atoms with van der Waals surface area (Å²) >= 11 is 0. The number of aliphatic hydroxyl groups excluding tert-OH is 1. The Hall–Kier alpha value is -5.03. The van der Waals surface area contributed by atoms with Crippen molar-refractivity contribution in [1.82, 2.24) is 10.6 Å². The van der Waals surface area contributed by atoms with Gasteiger partial charge in [-0.3, -0.25) is 10.1 Å². The first-order valence-electron chi connectivity index (χ1n) is 17.2. The minimum Gasteiger partial charge on any atom is -0.483 e. The molecule has 4 aromatic rings. The minimum absolute atomic E-state index is 0.00435. The number of amides is 1. The van der Waals surface area contributed by atoms with E-state index in [1.54, 1.807) is 26.0 Å². The maximum Gasteiger partial charge on any atom is 0.339 e. The zero-order chi connectivity index (χ0) is 38.6. The number of aryl methyl sites for hydroxylation is 2. The van der Waals surface area contributed by atoms with E-state index in [9.17, 15) is 26.7 Å². The highest BCUT2D eigenvalue weighted by Crippen LogP contribution is 2.36. The number of rotatable bonds is 16. The van der Waals surface area contributed by atoms with Crippen LogP contribution in [-0.2, 0) is 31.2 Å². The lowest BCUT2D eigenvalue weighted by Crippen LogP contribution is -2.52. The number of hydrogen-bond acceptors (Lipinski definition) is 13. The molecule has 0 spiro atoms. The maximum atomic E-state index is 13.8. The fourth-order valence-corrected chi connectivity index (χ4v) is 8.92. The molecule has 1 amide bonds. The first-order chi connectivity index (χ1) is 25.7. The van der Waals surface area contributed by atoms with E-state index in [-0.39, 0.29) is 48.7 Å². The Balaban J connectivity index is 1.16. The summed E-state index contributed by atoms with van der Waals surface area (Å²) in [5, 5.41) is 16.3. The van der Waals surface area contributed by atoms with Gasteiger partial charge in [0.25, 0.3) is 5.91 Å². The van der Waals surface area contributed by atoms with Crippen molar-refractivity contribution in [2.75, 3.05) is 26.7 Å². The third-order valence-electron chi connectivity index (χ3n) is 8.93. The molecule has 288 valence electrons. The highest BCUT2D eigenvalue weighted by Gasteiger charge is 2.33. The summed E-state index contributed by atoms with van der Waals surface area (Å²) in [4.78, 5) is 13.2. The molecule has 2 aliphatic rings. The fraction of sp³-hybridized carbons (Fsp3) is 0.342. The van der Waals surface area contributed by atoms with Crippen LogP contribution in [-0.4, -0.2) is 72.1 Å². The highest BCUT2D eigenvalue weighted by atomic mass is 32.2. The topological polar surface area (TPSA) is 185 Å². The van der Waals surface area contributed by atoms with Gasteiger partial charge in [-0.05, 0) is 79.3 Å². The van der Waals surface area contributed by atoms with Crippen LogP contribution in [0.4, 0.5) is 0 Å². The molecule has 0 aromatic heterocycles. The molecular weight excluding hydrogens is 741 g/mol. The molecule has 16 heteroatoms. The van der Waals surface area contributed by atoms with Gasteiger partial charge in [0, 0.05) is 18.7 Å². The van der Waals surface area contributed by atoms with E-state index in [1.165, 1.54) is 48.5 Å². The van der Waals surface area contributed by atoms with Crippen molar-refractivity contribution in [3.8, 4) is 34.5 Å².